The number of hydrogen-bond acceptors (Lipinski definition) is 4. The van der Waals surface area contributed by atoms with E-state index in [0.717, 1.165) is 26.1 Å². The maximum Gasteiger partial charge on any atom is 0.180 e. The molecule has 6 heteroatoms. The summed E-state index contributed by atoms with van der Waals surface area (Å²) in [5, 5.41) is 0.658. The van der Waals surface area contributed by atoms with Gasteiger partial charge in [-0.2, -0.15) is 0 Å². The number of benzene rings is 1. The van der Waals surface area contributed by atoms with Crippen LogP contribution in [-0.2, 0) is 19.5 Å². The third-order valence-electron chi connectivity index (χ3n) is 3.24. The number of nitrogens with two attached hydrogens (primary N) is 1. The molecule has 2 heterocycles. The van der Waals surface area contributed by atoms with E-state index in [1.807, 2.05) is 6.20 Å². The Bertz CT molecular complexity index is 573. The third kappa shape index (κ3) is 3.28. The Kier molecular flexibility index (Phi) is 4.84. The first-order valence-electron chi connectivity index (χ1n) is 5.91. The van der Waals surface area contributed by atoms with Crippen LogP contribution in [-0.4, -0.2) is 16.4 Å². The van der Waals surface area contributed by atoms with E-state index in [2.05, 4.69) is 44.0 Å². The number of thiazole rings is 1. The standard InChI is InChI=1S/C13H14BrN3S.ClH/c14-12-3-1-2-9-7-17(5-4-11(9)12)8-10-6-16-13(15)18-10;/h1-3,6H,4-5,7-8H2,(H2,15,16);1H. The van der Waals surface area contributed by atoms with Crippen LogP contribution in [0.5, 0.6) is 0 Å². The average molecular weight is 361 g/mol. The number of nitrogens with zero attached hydrogens (tertiary/aromatic N) is 2. The zero-order chi connectivity index (χ0) is 12.5. The molecule has 0 bridgehead atoms. The Morgan fingerprint density at radius 3 is 3.00 bits per heavy atom. The summed E-state index contributed by atoms with van der Waals surface area (Å²) in [7, 11) is 0. The summed E-state index contributed by atoms with van der Waals surface area (Å²) in [6.07, 6.45) is 2.99. The molecule has 0 saturated carbocycles. The van der Waals surface area contributed by atoms with Gasteiger partial charge >= 0.3 is 0 Å². The van der Waals surface area contributed by atoms with E-state index < -0.39 is 0 Å². The van der Waals surface area contributed by atoms with Gasteiger partial charge in [-0.3, -0.25) is 4.90 Å². The summed E-state index contributed by atoms with van der Waals surface area (Å²) < 4.78 is 1.24. The lowest BCUT2D eigenvalue weighted by Gasteiger charge is -2.28. The summed E-state index contributed by atoms with van der Waals surface area (Å²) in [6.45, 7) is 3.04. The highest BCUT2D eigenvalue weighted by Gasteiger charge is 2.18. The topological polar surface area (TPSA) is 42.1 Å². The second-order valence-corrected chi connectivity index (χ2v) is 6.50. The molecule has 0 spiro atoms. The maximum atomic E-state index is 5.66. The molecule has 3 nitrogen and oxygen atoms in total. The second-order valence-electron chi connectivity index (χ2n) is 4.50. The zero-order valence-electron chi connectivity index (χ0n) is 10.3. The van der Waals surface area contributed by atoms with Crippen molar-refractivity contribution in [2.45, 2.75) is 19.5 Å². The zero-order valence-corrected chi connectivity index (χ0v) is 13.5. The van der Waals surface area contributed by atoms with Gasteiger partial charge < -0.3 is 5.73 Å². The van der Waals surface area contributed by atoms with Gasteiger partial charge in [0, 0.05) is 35.2 Å². The number of rotatable bonds is 2. The highest BCUT2D eigenvalue weighted by atomic mass is 79.9. The van der Waals surface area contributed by atoms with Gasteiger partial charge in [0.2, 0.25) is 0 Å². The molecular weight excluding hydrogens is 346 g/mol. The monoisotopic (exact) mass is 359 g/mol. The van der Waals surface area contributed by atoms with Gasteiger partial charge in [0.1, 0.15) is 0 Å². The lowest BCUT2D eigenvalue weighted by atomic mass is 10.00. The fourth-order valence-corrected chi connectivity index (χ4v) is 3.70. The summed E-state index contributed by atoms with van der Waals surface area (Å²) in [4.78, 5) is 7.79. The van der Waals surface area contributed by atoms with E-state index in [9.17, 15) is 0 Å². The summed E-state index contributed by atoms with van der Waals surface area (Å²) in [5.74, 6) is 0. The summed E-state index contributed by atoms with van der Waals surface area (Å²) >= 11 is 5.21. The highest BCUT2D eigenvalue weighted by Crippen LogP contribution is 2.27. The van der Waals surface area contributed by atoms with Crippen LogP contribution in [0.15, 0.2) is 28.9 Å². The minimum Gasteiger partial charge on any atom is -0.375 e. The van der Waals surface area contributed by atoms with E-state index in [4.69, 9.17) is 5.73 Å². The van der Waals surface area contributed by atoms with Gasteiger partial charge in [-0.15, -0.1) is 23.7 Å². The van der Waals surface area contributed by atoms with Crippen LogP contribution < -0.4 is 5.73 Å². The Hall–Kier alpha value is -0.620. The van der Waals surface area contributed by atoms with Crippen molar-refractivity contribution in [3.05, 3.63) is 44.9 Å². The number of nitrogen functional groups attached to an aromatic ring is 1. The number of aromatic nitrogens is 1. The summed E-state index contributed by atoms with van der Waals surface area (Å²) in [6, 6.07) is 6.45. The van der Waals surface area contributed by atoms with Crippen molar-refractivity contribution in [3.63, 3.8) is 0 Å². The molecule has 2 N–H and O–H groups in total. The van der Waals surface area contributed by atoms with Crippen molar-refractivity contribution < 1.29 is 0 Å². The Morgan fingerprint density at radius 2 is 2.26 bits per heavy atom. The predicted molar refractivity (Wildman–Crippen MR) is 85.7 cm³/mol. The van der Waals surface area contributed by atoms with Crippen molar-refractivity contribution >= 4 is 44.8 Å². The van der Waals surface area contributed by atoms with Crippen LogP contribution in [0, 0.1) is 0 Å². The van der Waals surface area contributed by atoms with Gasteiger partial charge in [0.25, 0.3) is 0 Å². The molecule has 102 valence electrons. The van der Waals surface area contributed by atoms with Crippen LogP contribution in [0.2, 0.25) is 0 Å². The molecule has 0 fully saturated rings. The Balaban J connectivity index is 0.00000133. The lowest BCUT2D eigenvalue weighted by Crippen LogP contribution is -2.29. The first-order chi connectivity index (χ1) is 8.72. The molecule has 0 atom stereocenters. The van der Waals surface area contributed by atoms with E-state index in [0.29, 0.717) is 5.13 Å². The van der Waals surface area contributed by atoms with Crippen molar-refractivity contribution in [2.75, 3.05) is 12.3 Å². The van der Waals surface area contributed by atoms with Crippen molar-refractivity contribution in [1.29, 1.82) is 0 Å². The largest absolute Gasteiger partial charge is 0.375 e. The van der Waals surface area contributed by atoms with Crippen molar-refractivity contribution in [1.82, 2.24) is 9.88 Å². The second kappa shape index (κ2) is 6.22. The molecule has 3 rings (SSSR count). The van der Waals surface area contributed by atoms with E-state index in [-0.39, 0.29) is 12.4 Å². The van der Waals surface area contributed by atoms with Gasteiger partial charge in [-0.25, -0.2) is 4.98 Å². The molecule has 1 aromatic carbocycles. The van der Waals surface area contributed by atoms with E-state index in [1.54, 1.807) is 11.3 Å². The normalized spacial score (nSPS) is 14.8. The van der Waals surface area contributed by atoms with Crippen LogP contribution >= 0.6 is 39.7 Å². The number of anilines is 1. The number of hydrogen-bond donors (Lipinski definition) is 1. The number of fused-ring (bicyclic) bond motifs is 1. The fourth-order valence-electron chi connectivity index (χ4n) is 2.37. The van der Waals surface area contributed by atoms with Gasteiger partial charge in [0.15, 0.2) is 5.13 Å². The van der Waals surface area contributed by atoms with Crippen LogP contribution in [0.3, 0.4) is 0 Å². The van der Waals surface area contributed by atoms with Crippen molar-refractivity contribution in [2.24, 2.45) is 0 Å². The molecule has 19 heavy (non-hydrogen) atoms. The van der Waals surface area contributed by atoms with Gasteiger partial charge in [0.05, 0.1) is 0 Å². The molecule has 0 radical (unpaired) electrons. The SMILES string of the molecule is Cl.Nc1ncc(CN2CCc3c(Br)cccc3C2)s1. The first-order valence-corrected chi connectivity index (χ1v) is 7.52. The molecule has 0 unspecified atom stereocenters. The molecule has 1 aliphatic rings. The quantitative estimate of drug-likeness (QED) is 0.891. The summed E-state index contributed by atoms with van der Waals surface area (Å²) in [5.41, 5.74) is 8.54. The molecular formula is C13H15BrClN3S. The predicted octanol–water partition coefficient (Wildman–Crippen LogP) is 3.47. The molecule has 0 aliphatic carbocycles. The van der Waals surface area contributed by atoms with Gasteiger partial charge in [-0.1, -0.05) is 28.1 Å². The molecule has 2 aromatic rings. The third-order valence-corrected chi connectivity index (χ3v) is 4.79. The lowest BCUT2D eigenvalue weighted by molar-refractivity contribution is 0.247. The van der Waals surface area contributed by atoms with Gasteiger partial charge in [-0.05, 0) is 23.6 Å². The fraction of sp³-hybridized carbons (Fsp3) is 0.308. The van der Waals surface area contributed by atoms with Crippen molar-refractivity contribution in [3.8, 4) is 0 Å². The van der Waals surface area contributed by atoms with E-state index in [1.165, 1.54) is 20.5 Å². The smallest absolute Gasteiger partial charge is 0.180 e. The molecule has 0 amide bonds. The molecule has 1 aromatic heterocycles. The van der Waals surface area contributed by atoms with Crippen LogP contribution in [0.25, 0.3) is 0 Å². The average Bonchev–Trinajstić information content (AvgIpc) is 2.75. The van der Waals surface area contributed by atoms with E-state index >= 15 is 0 Å². The molecule has 0 saturated heterocycles. The Morgan fingerprint density at radius 1 is 1.42 bits per heavy atom. The minimum absolute atomic E-state index is 0. The maximum absolute atomic E-state index is 5.66. The molecule has 1 aliphatic heterocycles. The highest BCUT2D eigenvalue weighted by molar-refractivity contribution is 9.10. The minimum atomic E-state index is 0. The van der Waals surface area contributed by atoms with Crippen LogP contribution in [0.4, 0.5) is 5.13 Å². The Labute approximate surface area is 131 Å². The first kappa shape index (κ1) is 14.8. The van der Waals surface area contributed by atoms with Crippen LogP contribution in [0.1, 0.15) is 16.0 Å². The number of halogens is 2.